The Hall–Kier alpha value is -2.11. The van der Waals surface area contributed by atoms with Crippen molar-refractivity contribution in [2.45, 2.75) is 57.1 Å². The number of nitrogens with one attached hydrogen (secondary N) is 1. The van der Waals surface area contributed by atoms with E-state index in [-0.39, 0.29) is 23.5 Å². The molecule has 1 aliphatic heterocycles. The van der Waals surface area contributed by atoms with E-state index in [0.29, 0.717) is 17.8 Å². The zero-order valence-electron chi connectivity index (χ0n) is 18.9. The number of aliphatic hydroxyl groups is 1. The predicted molar refractivity (Wildman–Crippen MR) is 130 cm³/mol. The Kier molecular flexibility index (Phi) is 5.38. The van der Waals surface area contributed by atoms with Crippen LogP contribution in [-0.4, -0.2) is 41.2 Å². The van der Waals surface area contributed by atoms with Crippen molar-refractivity contribution >= 4 is 23.3 Å². The lowest BCUT2D eigenvalue weighted by Gasteiger charge is -2.58. The van der Waals surface area contributed by atoms with Crippen molar-refractivity contribution in [3.63, 3.8) is 0 Å². The number of hydrogen-bond acceptors (Lipinski definition) is 4. The molecular weight excluding hydrogens is 434 g/mol. The molecule has 4 saturated carbocycles. The average Bonchev–Trinajstić information content (AvgIpc) is 2.83. The Morgan fingerprint density at radius 3 is 2.48 bits per heavy atom. The van der Waals surface area contributed by atoms with Gasteiger partial charge in [0.15, 0.2) is 0 Å². The van der Waals surface area contributed by atoms with E-state index in [1.54, 1.807) is 0 Å². The largest absolute Gasteiger partial charge is 0.393 e. The molecule has 2 N–H and O–H groups in total. The summed E-state index contributed by atoms with van der Waals surface area (Å²) in [7, 11) is 0. The number of aromatic nitrogens is 1. The topological polar surface area (TPSA) is 65.5 Å². The van der Waals surface area contributed by atoms with E-state index in [9.17, 15) is 9.90 Å². The van der Waals surface area contributed by atoms with E-state index in [0.717, 1.165) is 80.0 Å². The minimum atomic E-state index is -0.240. The molecule has 5 fully saturated rings. The molecule has 5 aliphatic rings. The second kappa shape index (κ2) is 8.28. The molecule has 7 rings (SSSR count). The molecule has 6 heteroatoms. The van der Waals surface area contributed by atoms with E-state index < -0.39 is 0 Å². The predicted octanol–water partition coefficient (Wildman–Crippen LogP) is 4.67. The highest BCUT2D eigenvalue weighted by atomic mass is 35.5. The third-order valence-electron chi connectivity index (χ3n) is 8.71. The number of aliphatic hydroxyl groups excluding tert-OH is 1. The van der Waals surface area contributed by atoms with Gasteiger partial charge in [-0.2, -0.15) is 0 Å². The Morgan fingerprint density at radius 2 is 1.79 bits per heavy atom. The molecule has 1 amide bonds. The zero-order valence-corrected chi connectivity index (χ0v) is 19.7. The van der Waals surface area contributed by atoms with Gasteiger partial charge in [-0.25, -0.2) is 4.98 Å². The van der Waals surface area contributed by atoms with Gasteiger partial charge >= 0.3 is 0 Å². The van der Waals surface area contributed by atoms with Gasteiger partial charge in [-0.05, 0) is 92.5 Å². The van der Waals surface area contributed by atoms with Crippen molar-refractivity contribution in [3.8, 4) is 11.1 Å². The van der Waals surface area contributed by atoms with Crippen molar-refractivity contribution in [3.05, 3.63) is 47.6 Å². The van der Waals surface area contributed by atoms with Crippen LogP contribution in [0.25, 0.3) is 11.1 Å². The Balaban J connectivity index is 1.11. The normalized spacial score (nSPS) is 35.0. The lowest BCUT2D eigenvalue weighted by Crippen LogP contribution is -2.60. The maximum atomic E-state index is 13.5. The van der Waals surface area contributed by atoms with Crippen molar-refractivity contribution in [1.29, 1.82) is 0 Å². The summed E-state index contributed by atoms with van der Waals surface area (Å²) in [6.45, 7) is 1.76. The summed E-state index contributed by atoms with van der Waals surface area (Å²) in [5.74, 6) is 2.49. The van der Waals surface area contributed by atoms with Crippen LogP contribution >= 0.6 is 11.6 Å². The van der Waals surface area contributed by atoms with Crippen LogP contribution in [0.4, 0.5) is 5.82 Å². The smallest absolute Gasteiger partial charge is 0.226 e. The number of halogens is 1. The quantitative estimate of drug-likeness (QED) is 0.688. The molecule has 5 nitrogen and oxygen atoms in total. The number of pyridine rings is 1. The van der Waals surface area contributed by atoms with Crippen LogP contribution < -0.4 is 10.2 Å². The fourth-order valence-electron chi connectivity index (χ4n) is 7.30. The number of carbonyl (C=O) groups is 1. The van der Waals surface area contributed by atoms with Gasteiger partial charge < -0.3 is 15.3 Å². The van der Waals surface area contributed by atoms with Gasteiger partial charge in [0.25, 0.3) is 0 Å². The molecule has 3 unspecified atom stereocenters. The summed E-state index contributed by atoms with van der Waals surface area (Å²) < 4.78 is 0. The monoisotopic (exact) mass is 465 g/mol. The maximum Gasteiger partial charge on any atom is 0.226 e. The number of anilines is 1. The molecule has 0 radical (unpaired) electrons. The van der Waals surface area contributed by atoms with Gasteiger partial charge in [0, 0.05) is 35.9 Å². The second-order valence-corrected chi connectivity index (χ2v) is 11.3. The Labute approximate surface area is 200 Å². The summed E-state index contributed by atoms with van der Waals surface area (Å²) in [5.41, 5.74) is 1.93. The first-order valence-electron chi connectivity index (χ1n) is 12.5. The molecule has 2 heterocycles. The van der Waals surface area contributed by atoms with E-state index >= 15 is 0 Å². The average molecular weight is 466 g/mol. The molecule has 2 aromatic rings. The molecule has 33 heavy (non-hydrogen) atoms. The van der Waals surface area contributed by atoms with E-state index in [2.05, 4.69) is 22.3 Å². The van der Waals surface area contributed by atoms with Gasteiger partial charge in [0.05, 0.1) is 11.5 Å². The zero-order chi connectivity index (χ0) is 22.6. The first-order valence-corrected chi connectivity index (χ1v) is 12.8. The highest BCUT2D eigenvalue weighted by Crippen LogP contribution is 2.60. The van der Waals surface area contributed by atoms with Crippen LogP contribution in [0.2, 0.25) is 5.02 Å². The number of nitrogens with zero attached hydrogens (tertiary/aromatic N) is 2. The number of hydrogen-bond donors (Lipinski definition) is 2. The highest BCUT2D eigenvalue weighted by Gasteiger charge is 2.58. The number of carbonyl (C=O) groups excluding carboxylic acids is 1. The molecule has 3 atom stereocenters. The van der Waals surface area contributed by atoms with Gasteiger partial charge in [-0.3, -0.25) is 4.79 Å². The van der Waals surface area contributed by atoms with Crippen LogP contribution in [0.15, 0.2) is 42.6 Å². The molecule has 4 bridgehead atoms. The maximum absolute atomic E-state index is 13.5. The van der Waals surface area contributed by atoms with Crippen LogP contribution in [-0.2, 0) is 4.79 Å². The number of benzene rings is 1. The summed E-state index contributed by atoms with van der Waals surface area (Å²) in [5, 5.41) is 14.7. The van der Waals surface area contributed by atoms with E-state index in [1.165, 1.54) is 0 Å². The van der Waals surface area contributed by atoms with Crippen LogP contribution in [0.1, 0.15) is 44.9 Å². The minimum absolute atomic E-state index is 0.155. The van der Waals surface area contributed by atoms with E-state index in [1.807, 2.05) is 30.5 Å². The van der Waals surface area contributed by atoms with Gasteiger partial charge in [-0.15, -0.1) is 0 Å². The molecule has 1 saturated heterocycles. The standard InChI is InChI=1S/C27H32ClN3O2/c28-22-6-3-18(4-7-22)19-5-8-24(29-15-19)31-9-1-2-23(16-31)30-26(33)27-12-17-10-20(13-27)25(32)21(11-17)14-27/h3-8,15,17,20-21,23,25,32H,1-2,9-14,16H2,(H,30,33). The fourth-order valence-corrected chi connectivity index (χ4v) is 7.43. The highest BCUT2D eigenvalue weighted by molar-refractivity contribution is 6.30. The summed E-state index contributed by atoms with van der Waals surface area (Å²) >= 11 is 6.01. The van der Waals surface area contributed by atoms with Crippen LogP contribution in [0.5, 0.6) is 0 Å². The van der Waals surface area contributed by atoms with Crippen LogP contribution in [0, 0.1) is 23.2 Å². The first-order chi connectivity index (χ1) is 16.0. The van der Waals surface area contributed by atoms with Gasteiger partial charge in [0.1, 0.15) is 5.82 Å². The van der Waals surface area contributed by atoms with E-state index in [4.69, 9.17) is 16.6 Å². The van der Waals surface area contributed by atoms with Crippen LogP contribution in [0.3, 0.4) is 0 Å². The third-order valence-corrected chi connectivity index (χ3v) is 8.96. The Morgan fingerprint density at radius 1 is 1.06 bits per heavy atom. The third kappa shape index (κ3) is 3.93. The minimum Gasteiger partial charge on any atom is -0.393 e. The fraction of sp³-hybridized carbons (Fsp3) is 0.556. The molecule has 4 aliphatic carbocycles. The lowest BCUT2D eigenvalue weighted by molar-refractivity contribution is -0.163. The first kappa shape index (κ1) is 21.4. The summed E-state index contributed by atoms with van der Waals surface area (Å²) in [4.78, 5) is 20.5. The Bertz CT molecular complexity index is 1010. The van der Waals surface area contributed by atoms with Crippen molar-refractivity contribution in [1.82, 2.24) is 10.3 Å². The number of amides is 1. The summed E-state index contributed by atoms with van der Waals surface area (Å²) in [6.07, 6.45) is 8.78. The second-order valence-electron chi connectivity index (χ2n) is 10.9. The van der Waals surface area contributed by atoms with Gasteiger partial charge in [-0.1, -0.05) is 23.7 Å². The molecular formula is C27H32ClN3O2. The number of piperidine rings is 1. The molecule has 174 valence electrons. The SMILES string of the molecule is O=C(NC1CCCN(c2ccc(-c3ccc(Cl)cc3)cn2)C1)C12CC3CC(C1)C(O)C(C3)C2. The molecule has 0 spiro atoms. The molecule has 1 aromatic heterocycles. The van der Waals surface area contributed by atoms with Crippen molar-refractivity contribution in [2.24, 2.45) is 23.2 Å². The summed E-state index contributed by atoms with van der Waals surface area (Å²) in [6, 6.07) is 12.1. The van der Waals surface area contributed by atoms with Crippen molar-refractivity contribution in [2.75, 3.05) is 18.0 Å². The lowest BCUT2D eigenvalue weighted by atomic mass is 9.48. The molecule has 1 aromatic carbocycles. The number of rotatable bonds is 4. The van der Waals surface area contributed by atoms with Crippen molar-refractivity contribution < 1.29 is 9.90 Å². The van der Waals surface area contributed by atoms with Gasteiger partial charge in [0.2, 0.25) is 5.91 Å².